The first-order valence-corrected chi connectivity index (χ1v) is 7.33. The van der Waals surface area contributed by atoms with Gasteiger partial charge in [0.25, 0.3) is 0 Å². The molecule has 1 aliphatic rings. The first-order chi connectivity index (χ1) is 9.42. The maximum absolute atomic E-state index is 13.6. The van der Waals surface area contributed by atoms with Crippen molar-refractivity contribution in [1.82, 2.24) is 15.1 Å². The van der Waals surface area contributed by atoms with Crippen molar-refractivity contribution in [3.8, 4) is 5.88 Å². The molecule has 0 unspecified atom stereocenters. The lowest BCUT2D eigenvalue weighted by molar-refractivity contribution is 0.0828. The van der Waals surface area contributed by atoms with Gasteiger partial charge in [-0.25, -0.2) is 4.39 Å². The van der Waals surface area contributed by atoms with E-state index in [1.54, 1.807) is 26.0 Å². The summed E-state index contributed by atoms with van der Waals surface area (Å²) in [5, 5.41) is 7.96. The molecule has 0 saturated carbocycles. The van der Waals surface area contributed by atoms with Gasteiger partial charge in [0.05, 0.1) is 6.61 Å². The van der Waals surface area contributed by atoms with Crippen LogP contribution in [-0.4, -0.2) is 47.0 Å². The van der Waals surface area contributed by atoms with Crippen LogP contribution >= 0.6 is 11.6 Å². The number of nitrogens with zero attached hydrogens (tertiary/aromatic N) is 3. The van der Waals surface area contributed by atoms with Crippen molar-refractivity contribution in [3.63, 3.8) is 0 Å². The Hall–Kier alpha value is -0.940. The van der Waals surface area contributed by atoms with Gasteiger partial charge in [-0.3, -0.25) is 0 Å². The molecule has 2 heterocycles. The summed E-state index contributed by atoms with van der Waals surface area (Å²) in [6.07, 6.45) is 2.05. The highest BCUT2D eigenvalue weighted by Gasteiger charge is 2.25. The van der Waals surface area contributed by atoms with E-state index in [-0.39, 0.29) is 0 Å². The van der Waals surface area contributed by atoms with Crippen molar-refractivity contribution < 1.29 is 9.13 Å². The second kappa shape index (κ2) is 6.68. The summed E-state index contributed by atoms with van der Waals surface area (Å²) >= 11 is 5.66. The quantitative estimate of drug-likeness (QED) is 0.838. The van der Waals surface area contributed by atoms with Gasteiger partial charge in [0, 0.05) is 12.6 Å². The van der Waals surface area contributed by atoms with Crippen molar-refractivity contribution in [2.24, 2.45) is 5.92 Å². The summed E-state index contributed by atoms with van der Waals surface area (Å²) in [6, 6.07) is 3.38. The number of hydrogen-bond acceptors (Lipinski definition) is 4. The number of rotatable bonds is 5. The number of aromatic nitrogens is 2. The Bertz CT molecular complexity index is 413. The highest BCUT2D eigenvalue weighted by molar-refractivity contribution is 6.29. The Morgan fingerprint density at radius 2 is 2.05 bits per heavy atom. The van der Waals surface area contributed by atoms with Crippen molar-refractivity contribution in [1.29, 1.82) is 0 Å². The van der Waals surface area contributed by atoms with E-state index in [4.69, 9.17) is 16.3 Å². The van der Waals surface area contributed by atoms with E-state index >= 15 is 0 Å². The van der Waals surface area contributed by atoms with E-state index in [1.165, 1.54) is 0 Å². The molecule has 20 heavy (non-hydrogen) atoms. The molecule has 1 fully saturated rings. The molecule has 1 saturated heterocycles. The topological polar surface area (TPSA) is 38.2 Å². The molecule has 1 aromatic heterocycles. The van der Waals surface area contributed by atoms with Crippen LogP contribution in [0.2, 0.25) is 5.15 Å². The molecule has 112 valence electrons. The van der Waals surface area contributed by atoms with Crippen molar-refractivity contribution >= 4 is 11.6 Å². The average Bonchev–Trinajstić information content (AvgIpc) is 2.38. The third-order valence-corrected chi connectivity index (χ3v) is 3.58. The fourth-order valence-electron chi connectivity index (χ4n) is 2.43. The number of piperidine rings is 1. The van der Waals surface area contributed by atoms with Crippen molar-refractivity contribution in [2.45, 2.75) is 32.4 Å². The number of alkyl halides is 1. The first kappa shape index (κ1) is 15.4. The molecule has 0 atom stereocenters. The number of likely N-dealkylation sites (tertiary alicyclic amines) is 1. The monoisotopic (exact) mass is 301 g/mol. The molecule has 0 aromatic carbocycles. The molecule has 4 nitrogen and oxygen atoms in total. The summed E-state index contributed by atoms with van der Waals surface area (Å²) in [6.45, 7) is 6.23. The normalized spacial score (nSPS) is 18.2. The van der Waals surface area contributed by atoms with E-state index in [1.807, 2.05) is 0 Å². The molecule has 1 aliphatic heterocycles. The van der Waals surface area contributed by atoms with Crippen LogP contribution < -0.4 is 4.74 Å². The molecule has 0 spiro atoms. The predicted molar refractivity (Wildman–Crippen MR) is 76.9 cm³/mol. The lowest BCUT2D eigenvalue weighted by Gasteiger charge is -2.34. The Balaban J connectivity index is 1.70. The van der Waals surface area contributed by atoms with E-state index in [0.29, 0.717) is 30.1 Å². The predicted octanol–water partition coefficient (Wildman–Crippen LogP) is 2.97. The highest BCUT2D eigenvalue weighted by Crippen LogP contribution is 2.21. The zero-order valence-corrected chi connectivity index (χ0v) is 12.7. The van der Waals surface area contributed by atoms with E-state index in [2.05, 4.69) is 15.1 Å². The highest BCUT2D eigenvalue weighted by atomic mass is 35.5. The van der Waals surface area contributed by atoms with Crippen LogP contribution in [0.4, 0.5) is 4.39 Å². The van der Waals surface area contributed by atoms with E-state index < -0.39 is 5.67 Å². The summed E-state index contributed by atoms with van der Waals surface area (Å²) in [4.78, 5) is 2.18. The molecular weight excluding hydrogens is 281 g/mol. The minimum absolute atomic E-state index is 0.361. The lowest BCUT2D eigenvalue weighted by Crippen LogP contribution is -2.41. The molecular formula is C14H21ClFN3O. The van der Waals surface area contributed by atoms with Gasteiger partial charge in [-0.1, -0.05) is 11.6 Å². The van der Waals surface area contributed by atoms with Crippen LogP contribution in [0.5, 0.6) is 5.88 Å². The lowest BCUT2D eigenvalue weighted by atomic mass is 9.97. The van der Waals surface area contributed by atoms with Crippen LogP contribution in [0.25, 0.3) is 0 Å². The summed E-state index contributed by atoms with van der Waals surface area (Å²) in [5.41, 5.74) is -1.12. The van der Waals surface area contributed by atoms with Gasteiger partial charge in [0.15, 0.2) is 5.15 Å². The van der Waals surface area contributed by atoms with Gasteiger partial charge in [-0.05, 0) is 51.8 Å². The third-order valence-electron chi connectivity index (χ3n) is 3.38. The van der Waals surface area contributed by atoms with E-state index in [9.17, 15) is 4.39 Å². The Morgan fingerprint density at radius 1 is 1.35 bits per heavy atom. The van der Waals surface area contributed by atoms with Gasteiger partial charge in [-0.2, -0.15) is 0 Å². The molecule has 0 aliphatic carbocycles. The van der Waals surface area contributed by atoms with Gasteiger partial charge >= 0.3 is 0 Å². The maximum atomic E-state index is 13.6. The second-order valence-corrected chi connectivity index (χ2v) is 6.33. The Morgan fingerprint density at radius 3 is 2.60 bits per heavy atom. The zero-order valence-electron chi connectivity index (χ0n) is 12.0. The van der Waals surface area contributed by atoms with Crippen LogP contribution in [0.15, 0.2) is 12.1 Å². The summed E-state index contributed by atoms with van der Waals surface area (Å²) in [5.74, 6) is 0.994. The number of ether oxygens (including phenoxy) is 1. The van der Waals surface area contributed by atoms with Crippen LogP contribution in [0.3, 0.4) is 0 Å². The SMILES string of the molecule is CC(C)(F)CN1CCC(COc2ccc(Cl)nn2)CC1. The number of hydrogen-bond donors (Lipinski definition) is 0. The molecule has 1 aromatic rings. The Labute approximate surface area is 124 Å². The van der Waals surface area contributed by atoms with Crippen molar-refractivity contribution in [3.05, 3.63) is 17.3 Å². The van der Waals surface area contributed by atoms with Crippen LogP contribution in [0, 0.1) is 5.92 Å². The number of halogens is 2. The van der Waals surface area contributed by atoms with E-state index in [0.717, 1.165) is 25.9 Å². The largest absolute Gasteiger partial charge is 0.476 e. The van der Waals surface area contributed by atoms with Gasteiger partial charge < -0.3 is 9.64 Å². The third kappa shape index (κ3) is 5.21. The standard InChI is InChI=1S/C14H21ClFN3O/c1-14(2,16)10-19-7-5-11(6-8-19)9-20-13-4-3-12(15)17-18-13/h3-4,11H,5-10H2,1-2H3. The molecule has 0 bridgehead atoms. The first-order valence-electron chi connectivity index (χ1n) is 6.96. The minimum atomic E-state index is -1.12. The maximum Gasteiger partial charge on any atom is 0.233 e. The molecule has 0 N–H and O–H groups in total. The summed E-state index contributed by atoms with van der Waals surface area (Å²) < 4.78 is 19.2. The summed E-state index contributed by atoms with van der Waals surface area (Å²) in [7, 11) is 0. The fraction of sp³-hybridized carbons (Fsp3) is 0.714. The van der Waals surface area contributed by atoms with Gasteiger partial charge in [0.1, 0.15) is 5.67 Å². The minimum Gasteiger partial charge on any atom is -0.476 e. The smallest absolute Gasteiger partial charge is 0.233 e. The molecule has 0 amide bonds. The van der Waals surface area contributed by atoms with Crippen LogP contribution in [0.1, 0.15) is 26.7 Å². The average molecular weight is 302 g/mol. The molecule has 2 rings (SSSR count). The molecule has 0 radical (unpaired) electrons. The zero-order chi connectivity index (χ0) is 14.6. The van der Waals surface area contributed by atoms with Crippen LogP contribution in [-0.2, 0) is 0 Å². The molecule has 6 heteroatoms. The Kier molecular flexibility index (Phi) is 5.16. The second-order valence-electron chi connectivity index (χ2n) is 5.94. The van der Waals surface area contributed by atoms with Gasteiger partial charge in [-0.15, -0.1) is 10.2 Å². The fourth-order valence-corrected chi connectivity index (χ4v) is 2.53. The van der Waals surface area contributed by atoms with Crippen molar-refractivity contribution in [2.75, 3.05) is 26.2 Å². The van der Waals surface area contributed by atoms with Gasteiger partial charge in [0.2, 0.25) is 5.88 Å².